The molecular formula is C18H15BrF2N4OS. The molecule has 140 valence electrons. The molecule has 0 unspecified atom stereocenters. The van der Waals surface area contributed by atoms with Crippen molar-refractivity contribution in [2.75, 3.05) is 18.4 Å². The largest absolute Gasteiger partial charge is 0.454 e. The van der Waals surface area contributed by atoms with Gasteiger partial charge in [-0.1, -0.05) is 15.9 Å². The summed E-state index contributed by atoms with van der Waals surface area (Å²) in [4.78, 5) is 3.95. The molecule has 1 aliphatic heterocycles. The number of nitrogens with zero attached hydrogens (tertiary/aromatic N) is 2. The van der Waals surface area contributed by atoms with E-state index in [2.05, 4.69) is 35.9 Å². The zero-order chi connectivity index (χ0) is 18.8. The molecule has 27 heavy (non-hydrogen) atoms. The first-order valence-electron chi connectivity index (χ1n) is 8.26. The van der Waals surface area contributed by atoms with Crippen LogP contribution in [0.3, 0.4) is 0 Å². The summed E-state index contributed by atoms with van der Waals surface area (Å²) < 4.78 is 39.1. The first-order chi connectivity index (χ1) is 13.1. The van der Waals surface area contributed by atoms with Crippen LogP contribution in [0.25, 0.3) is 0 Å². The molecule has 0 amide bonds. The molecule has 0 aliphatic carbocycles. The summed E-state index contributed by atoms with van der Waals surface area (Å²) >= 11 is 4.59. The molecule has 1 aromatic heterocycles. The topological polar surface area (TPSA) is 59.1 Å². The van der Waals surface area contributed by atoms with E-state index in [0.29, 0.717) is 16.8 Å². The molecule has 9 heteroatoms. The lowest BCUT2D eigenvalue weighted by Crippen LogP contribution is -2.39. The predicted octanol–water partition coefficient (Wildman–Crippen LogP) is 4.67. The van der Waals surface area contributed by atoms with Gasteiger partial charge in [0.1, 0.15) is 17.9 Å². The van der Waals surface area contributed by atoms with Gasteiger partial charge in [-0.15, -0.1) is 0 Å². The number of anilines is 1. The van der Waals surface area contributed by atoms with E-state index in [9.17, 15) is 8.78 Å². The van der Waals surface area contributed by atoms with Gasteiger partial charge in [-0.2, -0.15) is 4.37 Å². The molecule has 0 radical (unpaired) electrons. The van der Waals surface area contributed by atoms with Gasteiger partial charge in [0, 0.05) is 53.2 Å². The van der Waals surface area contributed by atoms with Gasteiger partial charge in [0.05, 0.1) is 0 Å². The molecule has 0 saturated carbocycles. The SMILES string of the molecule is Fc1cc(Oc2cc(Br)cc(C3CNC3)c2)c(F)cc1CNc1ncns1. The molecule has 5 nitrogen and oxygen atoms in total. The average molecular weight is 453 g/mol. The van der Waals surface area contributed by atoms with Crippen molar-refractivity contribution in [3.63, 3.8) is 0 Å². The maximum Gasteiger partial charge on any atom is 0.202 e. The molecule has 4 rings (SSSR count). The molecular weight excluding hydrogens is 438 g/mol. The Kier molecular flexibility index (Phi) is 5.33. The lowest BCUT2D eigenvalue weighted by atomic mass is 9.94. The summed E-state index contributed by atoms with van der Waals surface area (Å²) in [6.07, 6.45) is 1.40. The van der Waals surface area contributed by atoms with Crippen molar-refractivity contribution >= 4 is 32.6 Å². The minimum absolute atomic E-state index is 0.105. The molecule has 1 fully saturated rings. The number of halogens is 3. The van der Waals surface area contributed by atoms with Crippen LogP contribution in [0.1, 0.15) is 17.0 Å². The van der Waals surface area contributed by atoms with Gasteiger partial charge in [-0.05, 0) is 29.8 Å². The third-order valence-electron chi connectivity index (χ3n) is 4.27. The van der Waals surface area contributed by atoms with Crippen LogP contribution in [0.2, 0.25) is 0 Å². The monoisotopic (exact) mass is 452 g/mol. The average Bonchev–Trinajstić information content (AvgIpc) is 3.08. The van der Waals surface area contributed by atoms with E-state index in [0.717, 1.165) is 46.8 Å². The van der Waals surface area contributed by atoms with Crippen molar-refractivity contribution in [1.29, 1.82) is 0 Å². The van der Waals surface area contributed by atoms with Gasteiger partial charge >= 0.3 is 0 Å². The Morgan fingerprint density at radius 2 is 2.04 bits per heavy atom. The summed E-state index contributed by atoms with van der Waals surface area (Å²) in [6.45, 7) is 1.90. The molecule has 2 heterocycles. The first kappa shape index (κ1) is 18.3. The number of nitrogens with one attached hydrogen (secondary N) is 2. The molecule has 1 aliphatic rings. The van der Waals surface area contributed by atoms with Gasteiger partial charge in [0.25, 0.3) is 0 Å². The van der Waals surface area contributed by atoms with Gasteiger partial charge in [0.2, 0.25) is 5.13 Å². The van der Waals surface area contributed by atoms with Crippen LogP contribution in [0.15, 0.2) is 41.1 Å². The first-order valence-corrected chi connectivity index (χ1v) is 9.82. The quantitative estimate of drug-likeness (QED) is 0.568. The van der Waals surface area contributed by atoms with Crippen LogP contribution in [-0.4, -0.2) is 22.4 Å². The number of benzene rings is 2. The fourth-order valence-electron chi connectivity index (χ4n) is 2.74. The third kappa shape index (κ3) is 4.26. The maximum absolute atomic E-state index is 14.5. The molecule has 0 spiro atoms. The van der Waals surface area contributed by atoms with Crippen LogP contribution in [0, 0.1) is 11.6 Å². The van der Waals surface area contributed by atoms with E-state index in [1.54, 1.807) is 6.07 Å². The third-order valence-corrected chi connectivity index (χ3v) is 5.35. The molecule has 0 atom stereocenters. The lowest BCUT2D eigenvalue weighted by Gasteiger charge is -2.28. The van der Waals surface area contributed by atoms with E-state index < -0.39 is 11.6 Å². The van der Waals surface area contributed by atoms with Gasteiger partial charge < -0.3 is 15.4 Å². The second-order valence-electron chi connectivity index (χ2n) is 6.15. The smallest absolute Gasteiger partial charge is 0.202 e. The van der Waals surface area contributed by atoms with Gasteiger partial charge in [-0.25, -0.2) is 13.8 Å². The number of hydrogen-bond acceptors (Lipinski definition) is 6. The summed E-state index contributed by atoms with van der Waals surface area (Å²) in [5, 5.41) is 6.66. The normalized spacial score (nSPS) is 14.0. The molecule has 2 N–H and O–H groups in total. The highest BCUT2D eigenvalue weighted by Gasteiger charge is 2.20. The Morgan fingerprint density at radius 1 is 1.19 bits per heavy atom. The van der Waals surface area contributed by atoms with Crippen LogP contribution in [0.5, 0.6) is 11.5 Å². The number of aromatic nitrogens is 2. The second kappa shape index (κ2) is 7.87. The Balaban J connectivity index is 1.52. The van der Waals surface area contributed by atoms with Crippen molar-refractivity contribution < 1.29 is 13.5 Å². The van der Waals surface area contributed by atoms with Crippen LogP contribution < -0.4 is 15.4 Å². The molecule has 3 aromatic rings. The maximum atomic E-state index is 14.5. The highest BCUT2D eigenvalue weighted by molar-refractivity contribution is 9.10. The Hall–Kier alpha value is -2.10. The molecule has 0 bridgehead atoms. The number of rotatable bonds is 6. The summed E-state index contributed by atoms with van der Waals surface area (Å²) in [7, 11) is 0. The van der Waals surface area contributed by atoms with Crippen LogP contribution in [-0.2, 0) is 6.54 Å². The van der Waals surface area contributed by atoms with Gasteiger partial charge in [-0.3, -0.25) is 0 Å². The summed E-state index contributed by atoms with van der Waals surface area (Å²) in [5.74, 6) is -0.466. The highest BCUT2D eigenvalue weighted by Crippen LogP contribution is 2.33. The number of ether oxygens (including phenoxy) is 1. The van der Waals surface area contributed by atoms with Crippen LogP contribution in [0.4, 0.5) is 13.9 Å². The standard InChI is InChI=1S/C18H15BrF2N4OS/c19-13-1-10(12-6-22-7-12)2-14(4-13)26-17-5-15(20)11(3-16(17)21)8-23-18-24-9-25-27-18/h1-5,9,12,22H,6-8H2,(H,23,24,25). The lowest BCUT2D eigenvalue weighted by molar-refractivity contribution is 0.427. The Labute approximate surface area is 167 Å². The summed E-state index contributed by atoms with van der Waals surface area (Å²) in [6, 6.07) is 7.80. The van der Waals surface area contributed by atoms with Gasteiger partial charge in [0.15, 0.2) is 11.6 Å². The zero-order valence-corrected chi connectivity index (χ0v) is 16.4. The summed E-state index contributed by atoms with van der Waals surface area (Å²) in [5.41, 5.74) is 1.28. The van der Waals surface area contributed by atoms with E-state index in [-0.39, 0.29) is 17.9 Å². The van der Waals surface area contributed by atoms with E-state index >= 15 is 0 Å². The highest BCUT2D eigenvalue weighted by atomic mass is 79.9. The molecule has 2 aromatic carbocycles. The van der Waals surface area contributed by atoms with Crippen molar-refractivity contribution in [2.45, 2.75) is 12.5 Å². The predicted molar refractivity (Wildman–Crippen MR) is 103 cm³/mol. The molecule has 1 saturated heterocycles. The van der Waals surface area contributed by atoms with E-state index in [1.807, 2.05) is 12.1 Å². The van der Waals surface area contributed by atoms with Crippen molar-refractivity contribution in [2.24, 2.45) is 0 Å². The fourth-order valence-corrected chi connectivity index (χ4v) is 3.65. The van der Waals surface area contributed by atoms with Crippen molar-refractivity contribution in [3.8, 4) is 11.5 Å². The number of hydrogen-bond donors (Lipinski definition) is 2. The minimum Gasteiger partial charge on any atom is -0.454 e. The van der Waals surface area contributed by atoms with E-state index in [1.165, 1.54) is 6.33 Å². The van der Waals surface area contributed by atoms with Crippen molar-refractivity contribution in [1.82, 2.24) is 14.7 Å². The fraction of sp³-hybridized carbons (Fsp3) is 0.222. The zero-order valence-electron chi connectivity index (χ0n) is 14.0. The second-order valence-corrected chi connectivity index (χ2v) is 7.85. The Bertz CT molecular complexity index is 951. The minimum atomic E-state index is -0.627. The Morgan fingerprint density at radius 3 is 2.74 bits per heavy atom. The van der Waals surface area contributed by atoms with Crippen LogP contribution >= 0.6 is 27.5 Å². The van der Waals surface area contributed by atoms with E-state index in [4.69, 9.17) is 4.74 Å². The van der Waals surface area contributed by atoms with Crippen molar-refractivity contribution in [3.05, 3.63) is 63.9 Å².